The predicted molar refractivity (Wildman–Crippen MR) is 74.0 cm³/mol. The van der Waals surface area contributed by atoms with E-state index in [2.05, 4.69) is 24.1 Å². The summed E-state index contributed by atoms with van der Waals surface area (Å²) in [6.45, 7) is 3.74. The van der Waals surface area contributed by atoms with Crippen LogP contribution in [-0.2, 0) is 0 Å². The van der Waals surface area contributed by atoms with Crippen molar-refractivity contribution in [3.63, 3.8) is 0 Å². The van der Waals surface area contributed by atoms with Crippen molar-refractivity contribution in [3.8, 4) is 0 Å². The van der Waals surface area contributed by atoms with Crippen LogP contribution >= 0.6 is 12.8 Å². The molecular formula is C12H16AtFN2O2S. The Morgan fingerprint density at radius 1 is 1.58 bits per heavy atom. The third-order valence-electron chi connectivity index (χ3n) is 2.19. The third kappa shape index (κ3) is 6.97. The summed E-state index contributed by atoms with van der Waals surface area (Å²) in [6.07, 6.45) is 2.77. The zero-order valence-electron chi connectivity index (χ0n) is 10.8. The molecule has 0 saturated carbocycles. The molecule has 4 nitrogen and oxygen atoms in total. The van der Waals surface area contributed by atoms with Crippen LogP contribution in [0, 0.1) is 40.7 Å². The number of hydrogen-bond donors (Lipinski definition) is 1. The maximum atomic E-state index is 13.1. The van der Waals surface area contributed by atoms with Gasteiger partial charge in [-0.05, 0) is 25.8 Å². The van der Waals surface area contributed by atoms with Crippen molar-refractivity contribution in [1.82, 2.24) is 0 Å². The Balaban J connectivity index is 0.000000555. The summed E-state index contributed by atoms with van der Waals surface area (Å²) >= 11 is 5.50. The molecule has 0 aromatic heterocycles. The molecule has 0 unspecified atom stereocenters. The monoisotopic (exact) mass is 481 g/mol. The fourth-order valence-electron chi connectivity index (χ4n) is 1.09. The first-order valence-electron chi connectivity index (χ1n) is 5.66. The molecule has 1 aromatic carbocycles. The molecule has 1 rings (SSSR count). The Morgan fingerprint density at radius 2 is 2.21 bits per heavy atom. The molecule has 106 valence electrons. The van der Waals surface area contributed by atoms with Crippen molar-refractivity contribution < 1.29 is 34.0 Å². The van der Waals surface area contributed by atoms with Crippen LogP contribution in [0.2, 0.25) is 4.13 Å². The summed E-state index contributed by atoms with van der Waals surface area (Å²) in [5.74, 6) is -0.550. The predicted octanol–water partition coefficient (Wildman–Crippen LogP) is 4.14. The van der Waals surface area contributed by atoms with Crippen LogP contribution in [0.15, 0.2) is 22.6 Å². The Hall–Kier alpha value is -0.547. The van der Waals surface area contributed by atoms with Gasteiger partial charge >= 0.3 is 48.6 Å². The molecule has 7 heteroatoms. The van der Waals surface area contributed by atoms with Crippen molar-refractivity contribution in [2.45, 2.75) is 30.8 Å². The van der Waals surface area contributed by atoms with Crippen LogP contribution < -0.4 is 0 Å². The quantitative estimate of drug-likeness (QED) is 0.304. The SMILES string of the molecule is C/C(=N\S)c1cc([N+](=O)[O-])ccc1F.CCCC[At]. The van der Waals surface area contributed by atoms with Gasteiger partial charge in [0.2, 0.25) is 0 Å². The second kappa shape index (κ2) is 10.3. The number of benzene rings is 1. The van der Waals surface area contributed by atoms with E-state index in [1.54, 1.807) is 0 Å². The van der Waals surface area contributed by atoms with Crippen LogP contribution in [0.1, 0.15) is 32.3 Å². The van der Waals surface area contributed by atoms with Gasteiger partial charge in [0.25, 0.3) is 5.69 Å². The fourth-order valence-corrected chi connectivity index (χ4v) is 2.24. The van der Waals surface area contributed by atoms with E-state index in [1.807, 2.05) is 24.7 Å². The van der Waals surface area contributed by atoms with Gasteiger partial charge < -0.3 is 0 Å². The van der Waals surface area contributed by atoms with Crippen molar-refractivity contribution in [2.24, 2.45) is 4.40 Å². The zero-order valence-corrected chi connectivity index (χ0v) is 14.6. The Labute approximate surface area is 133 Å². The van der Waals surface area contributed by atoms with Gasteiger partial charge in [-0.25, -0.2) is 8.79 Å². The van der Waals surface area contributed by atoms with Crippen LogP contribution in [-0.4, -0.2) is 10.6 Å². The molecule has 0 aliphatic carbocycles. The van der Waals surface area contributed by atoms with Gasteiger partial charge in [-0.1, -0.05) is 0 Å². The first-order chi connectivity index (χ1) is 8.97. The summed E-state index contributed by atoms with van der Waals surface area (Å²) in [4.78, 5) is 9.81. The number of nitro benzene ring substituents is 1. The molecule has 0 heterocycles. The minimum atomic E-state index is -0.589. The second-order valence-electron chi connectivity index (χ2n) is 3.65. The van der Waals surface area contributed by atoms with E-state index in [0.717, 1.165) is 18.2 Å². The average Bonchev–Trinajstić information content (AvgIpc) is 2.39. The average molecular weight is 481 g/mol. The van der Waals surface area contributed by atoms with Crippen molar-refractivity contribution in [2.75, 3.05) is 0 Å². The van der Waals surface area contributed by atoms with Gasteiger partial charge in [0.05, 0.1) is 10.6 Å². The van der Waals surface area contributed by atoms with Gasteiger partial charge in [-0.2, -0.15) is 0 Å². The number of hydrogen-bond acceptors (Lipinski definition) is 4. The van der Waals surface area contributed by atoms with Crippen LogP contribution in [0.5, 0.6) is 0 Å². The minimum absolute atomic E-state index is 0.0919. The van der Waals surface area contributed by atoms with E-state index in [-0.39, 0.29) is 11.3 Å². The number of non-ortho nitro benzene ring substituents is 1. The number of unbranched alkanes of at least 4 members (excludes halogenated alkanes) is 1. The Bertz CT molecular complexity index is 453. The molecule has 0 spiro atoms. The molecule has 0 radical (unpaired) electrons. The molecule has 0 N–H and O–H groups in total. The molecule has 0 atom stereocenters. The third-order valence-corrected chi connectivity index (χ3v) is 3.53. The van der Waals surface area contributed by atoms with Crippen LogP contribution in [0.25, 0.3) is 0 Å². The van der Waals surface area contributed by atoms with Crippen molar-refractivity contribution in [1.29, 1.82) is 0 Å². The van der Waals surface area contributed by atoms with E-state index in [9.17, 15) is 14.5 Å². The van der Waals surface area contributed by atoms with E-state index >= 15 is 0 Å². The number of thiol groups is 1. The van der Waals surface area contributed by atoms with Crippen molar-refractivity contribution in [3.05, 3.63) is 39.7 Å². The molecule has 19 heavy (non-hydrogen) atoms. The van der Waals surface area contributed by atoms with Gasteiger partial charge in [0.1, 0.15) is 5.82 Å². The standard InChI is InChI=1S/C8H7FN2O2S.C4H9At/c1-5(10-14)7-4-6(11(12)13)2-3-8(7)9;1-2-3-4-5/h2-4,14H,1H3;2-4H2,1H3/b10-5+;. The van der Waals surface area contributed by atoms with Crippen molar-refractivity contribution >= 4 is 24.2 Å². The summed E-state index contributed by atoms with van der Waals surface area (Å²) in [6, 6.07) is 3.27. The van der Waals surface area contributed by atoms with Crippen LogP contribution in [0.3, 0.4) is 0 Å². The van der Waals surface area contributed by atoms with Gasteiger partial charge in [-0.15, -0.1) is 0 Å². The molecule has 0 bridgehead atoms. The van der Waals surface area contributed by atoms with E-state index < -0.39 is 10.7 Å². The van der Waals surface area contributed by atoms with Gasteiger partial charge in [-0.3, -0.25) is 10.1 Å². The molecule has 0 aliphatic heterocycles. The van der Waals surface area contributed by atoms with E-state index in [1.165, 1.54) is 23.9 Å². The van der Waals surface area contributed by atoms with Gasteiger partial charge in [0.15, 0.2) is 0 Å². The fraction of sp³-hybridized carbons (Fsp3) is 0.417. The zero-order chi connectivity index (χ0) is 14.8. The molecule has 0 fully saturated rings. The summed E-state index contributed by atoms with van der Waals surface area (Å²) in [7, 11) is 0. The van der Waals surface area contributed by atoms with E-state index in [0.29, 0.717) is 5.71 Å². The maximum absolute atomic E-state index is 13.1. The first-order valence-corrected chi connectivity index (χ1v) is 8.14. The number of rotatable bonds is 4. The van der Waals surface area contributed by atoms with Gasteiger partial charge in [0, 0.05) is 17.7 Å². The van der Waals surface area contributed by atoms with Crippen LogP contribution in [0.4, 0.5) is 10.1 Å². The first kappa shape index (κ1) is 18.5. The summed E-state index contributed by atoms with van der Waals surface area (Å²) in [5, 5.41) is 10.4. The molecule has 0 aliphatic rings. The Morgan fingerprint density at radius 3 is 2.58 bits per heavy atom. The normalized spacial score (nSPS) is 10.7. The Kier molecular flexibility index (Phi) is 9.97. The molecule has 0 amide bonds. The van der Waals surface area contributed by atoms with E-state index in [4.69, 9.17) is 0 Å². The molecule has 1 aromatic rings. The number of nitro groups is 1. The summed E-state index contributed by atoms with van der Waals surface area (Å²) < 4.78 is 18.0. The number of halogens is 1. The topological polar surface area (TPSA) is 55.5 Å². The molecular weight excluding hydrogens is 465 g/mol. The summed E-state index contributed by atoms with van der Waals surface area (Å²) in [5.41, 5.74) is 0.224. The molecule has 0 saturated heterocycles. The second-order valence-corrected chi connectivity index (χ2v) is 5.32. The number of nitrogens with zero attached hydrogens (tertiary/aromatic N) is 2.